The lowest BCUT2D eigenvalue weighted by Gasteiger charge is -2.20. The Labute approximate surface area is 182 Å². The molecule has 158 valence electrons. The van der Waals surface area contributed by atoms with Gasteiger partial charge in [0.15, 0.2) is 6.61 Å². The number of hydrogen-bond donors (Lipinski definition) is 1. The SMILES string of the molecule is CC(C)(C)NC(=O)COC(=O)c1c2c(nc3ccccc13)/C(=C/c1ccccc1)CC2. The van der Waals surface area contributed by atoms with Gasteiger partial charge in [-0.05, 0) is 62.5 Å². The minimum atomic E-state index is -0.486. The van der Waals surface area contributed by atoms with Crippen LogP contribution in [-0.4, -0.2) is 29.0 Å². The molecule has 5 nitrogen and oxygen atoms in total. The van der Waals surface area contributed by atoms with E-state index in [1.165, 1.54) is 0 Å². The fourth-order valence-corrected chi connectivity index (χ4v) is 3.92. The minimum absolute atomic E-state index is 0.311. The van der Waals surface area contributed by atoms with Crippen molar-refractivity contribution in [1.29, 1.82) is 0 Å². The fraction of sp³-hybridized carbons (Fsp3) is 0.269. The van der Waals surface area contributed by atoms with Crippen molar-refractivity contribution < 1.29 is 14.3 Å². The predicted molar refractivity (Wildman–Crippen MR) is 123 cm³/mol. The Kier molecular flexibility index (Phi) is 5.59. The maximum Gasteiger partial charge on any atom is 0.339 e. The highest BCUT2D eigenvalue weighted by Gasteiger charge is 2.28. The average Bonchev–Trinajstić information content (AvgIpc) is 3.12. The number of hydrogen-bond acceptors (Lipinski definition) is 4. The number of pyridine rings is 1. The van der Waals surface area contributed by atoms with Gasteiger partial charge in [-0.2, -0.15) is 0 Å². The minimum Gasteiger partial charge on any atom is -0.452 e. The number of nitrogens with zero attached hydrogens (tertiary/aromatic N) is 1. The summed E-state index contributed by atoms with van der Waals surface area (Å²) >= 11 is 0. The smallest absolute Gasteiger partial charge is 0.339 e. The zero-order valence-corrected chi connectivity index (χ0v) is 18.1. The van der Waals surface area contributed by atoms with Crippen LogP contribution >= 0.6 is 0 Å². The molecule has 1 N–H and O–H groups in total. The van der Waals surface area contributed by atoms with Crippen LogP contribution in [0.3, 0.4) is 0 Å². The van der Waals surface area contributed by atoms with E-state index in [0.717, 1.165) is 39.7 Å². The standard InChI is InChI=1S/C26H26N2O3/c1-26(2,3)28-22(29)16-31-25(30)23-19-11-7-8-12-21(19)27-24-18(13-14-20(23)24)15-17-9-5-4-6-10-17/h4-12,15H,13-14,16H2,1-3H3,(H,28,29)/b18-15+. The van der Waals surface area contributed by atoms with Gasteiger partial charge in [0.1, 0.15) is 0 Å². The van der Waals surface area contributed by atoms with Crippen LogP contribution in [-0.2, 0) is 16.0 Å². The molecule has 0 unspecified atom stereocenters. The summed E-state index contributed by atoms with van der Waals surface area (Å²) in [5.74, 6) is -0.805. The molecule has 1 aliphatic rings. The van der Waals surface area contributed by atoms with Gasteiger partial charge >= 0.3 is 5.97 Å². The zero-order valence-electron chi connectivity index (χ0n) is 18.1. The molecule has 0 bridgehead atoms. The molecular formula is C26H26N2O3. The van der Waals surface area contributed by atoms with Gasteiger partial charge in [-0.15, -0.1) is 0 Å². The van der Waals surface area contributed by atoms with Crippen molar-refractivity contribution in [3.05, 3.63) is 77.0 Å². The number of allylic oxidation sites excluding steroid dienone is 1. The molecule has 1 aromatic heterocycles. The summed E-state index contributed by atoms with van der Waals surface area (Å²) in [6, 6.07) is 17.7. The Hall–Kier alpha value is -3.47. The third kappa shape index (κ3) is 4.66. The van der Waals surface area contributed by atoms with Crippen molar-refractivity contribution in [3.8, 4) is 0 Å². The van der Waals surface area contributed by atoms with E-state index in [-0.39, 0.29) is 18.1 Å². The molecule has 3 aromatic rings. The maximum absolute atomic E-state index is 13.1. The van der Waals surface area contributed by atoms with E-state index in [4.69, 9.17) is 9.72 Å². The van der Waals surface area contributed by atoms with Crippen LogP contribution in [0.4, 0.5) is 0 Å². The largest absolute Gasteiger partial charge is 0.452 e. The van der Waals surface area contributed by atoms with E-state index < -0.39 is 5.97 Å². The molecule has 2 aromatic carbocycles. The summed E-state index contributed by atoms with van der Waals surface area (Å²) in [7, 11) is 0. The molecule has 1 heterocycles. The van der Waals surface area contributed by atoms with Gasteiger partial charge in [-0.25, -0.2) is 9.78 Å². The van der Waals surface area contributed by atoms with Gasteiger partial charge in [0.25, 0.3) is 5.91 Å². The van der Waals surface area contributed by atoms with Crippen molar-refractivity contribution in [3.63, 3.8) is 0 Å². The Bertz CT molecular complexity index is 1170. The van der Waals surface area contributed by atoms with Crippen LogP contribution in [0, 0.1) is 0 Å². The zero-order chi connectivity index (χ0) is 22.0. The topological polar surface area (TPSA) is 68.3 Å². The lowest BCUT2D eigenvalue weighted by molar-refractivity contribution is -0.125. The molecule has 4 rings (SSSR count). The lowest BCUT2D eigenvalue weighted by Crippen LogP contribution is -2.42. The first-order valence-corrected chi connectivity index (χ1v) is 10.5. The van der Waals surface area contributed by atoms with Crippen molar-refractivity contribution in [1.82, 2.24) is 10.3 Å². The number of fused-ring (bicyclic) bond motifs is 2. The highest BCUT2D eigenvalue weighted by atomic mass is 16.5. The number of carbonyl (C=O) groups excluding carboxylic acids is 2. The Morgan fingerprint density at radius 3 is 2.48 bits per heavy atom. The van der Waals surface area contributed by atoms with Crippen molar-refractivity contribution in [2.45, 2.75) is 39.2 Å². The van der Waals surface area contributed by atoms with Gasteiger partial charge < -0.3 is 10.1 Å². The number of ether oxygens (including phenoxy) is 1. The molecular weight excluding hydrogens is 388 g/mol. The summed E-state index contributed by atoms with van der Waals surface area (Å²) in [6.07, 6.45) is 3.64. The number of carbonyl (C=O) groups is 2. The van der Waals surface area contributed by atoms with Crippen LogP contribution in [0.15, 0.2) is 54.6 Å². The number of rotatable bonds is 4. The van der Waals surface area contributed by atoms with E-state index in [0.29, 0.717) is 12.0 Å². The van der Waals surface area contributed by atoms with Crippen LogP contribution in [0.25, 0.3) is 22.6 Å². The third-order valence-corrected chi connectivity index (χ3v) is 5.14. The number of aromatic nitrogens is 1. The fourth-order valence-electron chi connectivity index (χ4n) is 3.92. The highest BCUT2D eigenvalue weighted by Crippen LogP contribution is 2.37. The highest BCUT2D eigenvalue weighted by molar-refractivity contribution is 6.07. The molecule has 0 saturated heterocycles. The summed E-state index contributed by atoms with van der Waals surface area (Å²) in [4.78, 5) is 30.1. The summed E-state index contributed by atoms with van der Waals surface area (Å²) in [6.45, 7) is 5.35. The summed E-state index contributed by atoms with van der Waals surface area (Å²) < 4.78 is 5.42. The average molecular weight is 415 g/mol. The van der Waals surface area contributed by atoms with Gasteiger partial charge in [0, 0.05) is 10.9 Å². The molecule has 1 amide bonds. The third-order valence-electron chi connectivity index (χ3n) is 5.14. The molecule has 0 radical (unpaired) electrons. The maximum atomic E-state index is 13.1. The molecule has 0 aliphatic heterocycles. The molecule has 0 saturated carbocycles. The normalized spacial score (nSPS) is 14.5. The second kappa shape index (κ2) is 8.34. The van der Waals surface area contributed by atoms with Gasteiger partial charge in [-0.1, -0.05) is 48.5 Å². The van der Waals surface area contributed by atoms with Crippen LogP contribution in [0.2, 0.25) is 0 Å². The summed E-state index contributed by atoms with van der Waals surface area (Å²) in [5.41, 5.74) is 4.81. The number of para-hydroxylation sites is 1. The number of nitrogens with one attached hydrogen (secondary N) is 1. The monoisotopic (exact) mass is 414 g/mol. The first-order valence-electron chi connectivity index (χ1n) is 10.5. The Morgan fingerprint density at radius 1 is 1.03 bits per heavy atom. The van der Waals surface area contributed by atoms with Gasteiger partial charge in [-0.3, -0.25) is 4.79 Å². The van der Waals surface area contributed by atoms with Gasteiger partial charge in [0.05, 0.1) is 16.8 Å². The van der Waals surface area contributed by atoms with Gasteiger partial charge in [0.2, 0.25) is 0 Å². The van der Waals surface area contributed by atoms with E-state index in [2.05, 4.69) is 23.5 Å². The summed E-state index contributed by atoms with van der Waals surface area (Å²) in [5, 5.41) is 3.57. The molecule has 0 spiro atoms. The van der Waals surface area contributed by atoms with E-state index >= 15 is 0 Å². The molecule has 5 heteroatoms. The number of benzene rings is 2. The first kappa shape index (κ1) is 20.8. The van der Waals surface area contributed by atoms with E-state index in [9.17, 15) is 9.59 Å². The van der Waals surface area contributed by atoms with Crippen molar-refractivity contribution >= 4 is 34.4 Å². The quantitative estimate of drug-likeness (QED) is 0.623. The first-order chi connectivity index (χ1) is 14.8. The molecule has 31 heavy (non-hydrogen) atoms. The molecule has 1 aliphatic carbocycles. The Balaban J connectivity index is 1.70. The Morgan fingerprint density at radius 2 is 1.74 bits per heavy atom. The second-order valence-electron chi connectivity index (χ2n) is 8.79. The number of amides is 1. The number of esters is 1. The van der Waals surface area contributed by atoms with Crippen molar-refractivity contribution in [2.24, 2.45) is 0 Å². The van der Waals surface area contributed by atoms with Crippen LogP contribution < -0.4 is 5.32 Å². The van der Waals surface area contributed by atoms with Crippen molar-refractivity contribution in [2.75, 3.05) is 6.61 Å². The molecule has 0 atom stereocenters. The van der Waals surface area contributed by atoms with E-state index in [1.807, 2.05) is 63.2 Å². The lowest BCUT2D eigenvalue weighted by atomic mass is 10.0. The molecule has 0 fully saturated rings. The van der Waals surface area contributed by atoms with E-state index in [1.54, 1.807) is 0 Å². The van der Waals surface area contributed by atoms with Crippen LogP contribution in [0.1, 0.15) is 54.4 Å². The van der Waals surface area contributed by atoms with Crippen LogP contribution in [0.5, 0.6) is 0 Å². The predicted octanol–water partition coefficient (Wildman–Crippen LogP) is 4.79. The second-order valence-corrected chi connectivity index (χ2v) is 8.79.